The third-order valence-electron chi connectivity index (χ3n) is 2.77. The van der Waals surface area contributed by atoms with Gasteiger partial charge in [0.25, 0.3) is 0 Å². The number of hydrogen-bond acceptors (Lipinski definition) is 3. The molecule has 0 aromatic heterocycles. The van der Waals surface area contributed by atoms with Crippen LogP contribution < -0.4 is 11.1 Å². The zero-order valence-electron chi connectivity index (χ0n) is 10.6. The Labute approximate surface area is 120 Å². The summed E-state index contributed by atoms with van der Waals surface area (Å²) in [6, 6.07) is 4.46. The first-order valence-corrected chi connectivity index (χ1v) is 6.82. The lowest BCUT2D eigenvalue weighted by Crippen LogP contribution is -2.29. The summed E-state index contributed by atoms with van der Waals surface area (Å²) < 4.78 is 0.535. The molecule has 1 atom stereocenters. The first kappa shape index (κ1) is 15.7. The quantitative estimate of drug-likeness (QED) is 0.747. The molecule has 19 heavy (non-hydrogen) atoms. The second-order valence-electron chi connectivity index (χ2n) is 4.21. The largest absolute Gasteiger partial charge is 0.478 e. The van der Waals surface area contributed by atoms with Gasteiger partial charge in [0.15, 0.2) is 0 Å². The Hall–Kier alpha value is -1.40. The number of benzene rings is 1. The van der Waals surface area contributed by atoms with Crippen molar-refractivity contribution in [2.75, 3.05) is 11.9 Å². The lowest BCUT2D eigenvalue weighted by atomic mass is 10.0. The molecule has 0 aliphatic carbocycles. The van der Waals surface area contributed by atoms with Crippen molar-refractivity contribution in [2.24, 2.45) is 11.7 Å². The second kappa shape index (κ2) is 7.25. The van der Waals surface area contributed by atoms with E-state index in [4.69, 9.17) is 10.8 Å². The van der Waals surface area contributed by atoms with Crippen molar-refractivity contribution in [1.29, 1.82) is 0 Å². The highest BCUT2D eigenvalue weighted by Gasteiger charge is 2.17. The minimum atomic E-state index is -1.01. The average molecular weight is 329 g/mol. The van der Waals surface area contributed by atoms with Gasteiger partial charge in [0.05, 0.1) is 17.2 Å². The Morgan fingerprint density at radius 2 is 2.16 bits per heavy atom. The predicted molar refractivity (Wildman–Crippen MR) is 77.2 cm³/mol. The van der Waals surface area contributed by atoms with Crippen LogP contribution in [-0.2, 0) is 4.79 Å². The molecule has 6 heteroatoms. The fourth-order valence-electron chi connectivity index (χ4n) is 1.69. The molecule has 0 saturated carbocycles. The molecule has 1 unspecified atom stereocenters. The van der Waals surface area contributed by atoms with Crippen LogP contribution in [0, 0.1) is 5.92 Å². The van der Waals surface area contributed by atoms with Crippen LogP contribution >= 0.6 is 15.9 Å². The number of amides is 1. The van der Waals surface area contributed by atoms with Gasteiger partial charge in [-0.25, -0.2) is 4.79 Å². The SMILES string of the molecule is CCCC(CN)C(=O)Nc1ccc(C(=O)O)cc1Br. The fraction of sp³-hybridized carbons (Fsp3) is 0.385. The van der Waals surface area contributed by atoms with E-state index < -0.39 is 5.97 Å². The average Bonchev–Trinajstić information content (AvgIpc) is 2.37. The molecule has 1 aromatic rings. The lowest BCUT2D eigenvalue weighted by molar-refractivity contribution is -0.119. The molecular weight excluding hydrogens is 312 g/mol. The number of carbonyl (C=O) groups excluding carboxylic acids is 1. The third kappa shape index (κ3) is 4.33. The normalized spacial score (nSPS) is 11.9. The van der Waals surface area contributed by atoms with Crippen LogP contribution in [0.1, 0.15) is 30.1 Å². The van der Waals surface area contributed by atoms with E-state index in [1.165, 1.54) is 12.1 Å². The Kier molecular flexibility index (Phi) is 5.98. The van der Waals surface area contributed by atoms with Gasteiger partial charge in [-0.05, 0) is 40.5 Å². The van der Waals surface area contributed by atoms with E-state index in [1.807, 2.05) is 6.92 Å². The molecule has 1 rings (SSSR count). The molecule has 5 nitrogen and oxygen atoms in total. The third-order valence-corrected chi connectivity index (χ3v) is 3.42. The number of nitrogens with one attached hydrogen (secondary N) is 1. The van der Waals surface area contributed by atoms with Gasteiger partial charge in [0.1, 0.15) is 0 Å². The maximum Gasteiger partial charge on any atom is 0.335 e. The van der Waals surface area contributed by atoms with Gasteiger partial charge in [-0.3, -0.25) is 4.79 Å². The molecule has 0 fully saturated rings. The summed E-state index contributed by atoms with van der Waals surface area (Å²) in [6.45, 7) is 2.29. The molecule has 104 valence electrons. The zero-order valence-corrected chi connectivity index (χ0v) is 12.2. The van der Waals surface area contributed by atoms with Crippen LogP contribution in [0.15, 0.2) is 22.7 Å². The molecule has 0 bridgehead atoms. The van der Waals surface area contributed by atoms with Crippen LogP contribution in [0.3, 0.4) is 0 Å². The highest BCUT2D eigenvalue weighted by Crippen LogP contribution is 2.24. The second-order valence-corrected chi connectivity index (χ2v) is 5.06. The zero-order chi connectivity index (χ0) is 14.4. The number of halogens is 1. The van der Waals surface area contributed by atoms with E-state index in [0.717, 1.165) is 12.8 Å². The van der Waals surface area contributed by atoms with E-state index in [0.29, 0.717) is 16.7 Å². The number of carboxylic acid groups (broad SMARTS) is 1. The number of aromatic carboxylic acids is 1. The van der Waals surface area contributed by atoms with Gasteiger partial charge in [-0.1, -0.05) is 13.3 Å². The maximum atomic E-state index is 12.0. The van der Waals surface area contributed by atoms with Gasteiger partial charge >= 0.3 is 5.97 Å². The molecule has 1 amide bonds. The summed E-state index contributed by atoms with van der Waals surface area (Å²) in [7, 11) is 0. The number of anilines is 1. The molecule has 1 aromatic carbocycles. The van der Waals surface area contributed by atoms with Crippen LogP contribution in [0.4, 0.5) is 5.69 Å². The van der Waals surface area contributed by atoms with Crippen molar-refractivity contribution in [3.63, 3.8) is 0 Å². The van der Waals surface area contributed by atoms with Gasteiger partial charge in [0, 0.05) is 11.0 Å². The molecule has 0 aliphatic rings. The smallest absolute Gasteiger partial charge is 0.335 e. The topological polar surface area (TPSA) is 92.4 Å². The number of carboxylic acids is 1. The molecule has 0 heterocycles. The van der Waals surface area contributed by atoms with Gasteiger partial charge in [0.2, 0.25) is 5.91 Å². The summed E-state index contributed by atoms with van der Waals surface area (Å²) in [6.07, 6.45) is 1.61. The van der Waals surface area contributed by atoms with Gasteiger partial charge < -0.3 is 16.2 Å². The van der Waals surface area contributed by atoms with Crippen LogP contribution in [0.5, 0.6) is 0 Å². The summed E-state index contributed by atoms with van der Waals surface area (Å²) in [5.41, 5.74) is 6.27. The Bertz CT molecular complexity index is 477. The highest BCUT2D eigenvalue weighted by atomic mass is 79.9. The number of carbonyl (C=O) groups is 2. The van der Waals surface area contributed by atoms with Crippen molar-refractivity contribution < 1.29 is 14.7 Å². The summed E-state index contributed by atoms with van der Waals surface area (Å²) in [4.78, 5) is 22.8. The maximum absolute atomic E-state index is 12.0. The Morgan fingerprint density at radius 3 is 2.63 bits per heavy atom. The minimum Gasteiger partial charge on any atom is -0.478 e. The van der Waals surface area contributed by atoms with E-state index in [1.54, 1.807) is 6.07 Å². The lowest BCUT2D eigenvalue weighted by Gasteiger charge is -2.15. The summed E-state index contributed by atoms with van der Waals surface area (Å²) in [5.74, 6) is -1.38. The highest BCUT2D eigenvalue weighted by molar-refractivity contribution is 9.10. The summed E-state index contributed by atoms with van der Waals surface area (Å²) in [5, 5.41) is 11.6. The first-order chi connectivity index (χ1) is 8.99. The number of rotatable bonds is 6. The standard InChI is InChI=1S/C13H17BrN2O3/c1-2-3-9(7-15)12(17)16-11-5-4-8(13(18)19)6-10(11)14/h4-6,9H,2-3,7,15H2,1H3,(H,16,17)(H,18,19). The molecule has 4 N–H and O–H groups in total. The van der Waals surface area contributed by atoms with Crippen LogP contribution in [0.25, 0.3) is 0 Å². The molecule has 0 saturated heterocycles. The Balaban J connectivity index is 2.82. The van der Waals surface area contributed by atoms with Crippen molar-refractivity contribution >= 4 is 33.5 Å². The van der Waals surface area contributed by atoms with Crippen molar-refractivity contribution in [3.8, 4) is 0 Å². The van der Waals surface area contributed by atoms with E-state index >= 15 is 0 Å². The van der Waals surface area contributed by atoms with E-state index in [2.05, 4.69) is 21.2 Å². The van der Waals surface area contributed by atoms with Crippen LogP contribution in [-0.4, -0.2) is 23.5 Å². The monoisotopic (exact) mass is 328 g/mol. The molecular formula is C13H17BrN2O3. The van der Waals surface area contributed by atoms with E-state index in [9.17, 15) is 9.59 Å². The van der Waals surface area contributed by atoms with Gasteiger partial charge in [-0.2, -0.15) is 0 Å². The van der Waals surface area contributed by atoms with Crippen molar-refractivity contribution in [3.05, 3.63) is 28.2 Å². The number of nitrogens with two attached hydrogens (primary N) is 1. The fourth-order valence-corrected chi connectivity index (χ4v) is 2.17. The molecule has 0 aliphatic heterocycles. The van der Waals surface area contributed by atoms with Crippen molar-refractivity contribution in [1.82, 2.24) is 0 Å². The molecule has 0 radical (unpaired) electrons. The predicted octanol–water partition coefficient (Wildman–Crippen LogP) is 2.46. The summed E-state index contributed by atoms with van der Waals surface area (Å²) >= 11 is 3.24. The molecule has 0 spiro atoms. The first-order valence-electron chi connectivity index (χ1n) is 6.03. The van der Waals surface area contributed by atoms with Crippen LogP contribution in [0.2, 0.25) is 0 Å². The Morgan fingerprint density at radius 1 is 1.47 bits per heavy atom. The number of hydrogen-bond donors (Lipinski definition) is 3. The minimum absolute atomic E-state index is 0.145. The van der Waals surface area contributed by atoms with Gasteiger partial charge in [-0.15, -0.1) is 0 Å². The van der Waals surface area contributed by atoms with E-state index in [-0.39, 0.29) is 17.4 Å². The van der Waals surface area contributed by atoms with Crippen molar-refractivity contribution in [2.45, 2.75) is 19.8 Å².